The molecule has 0 aromatic rings. The summed E-state index contributed by atoms with van der Waals surface area (Å²) < 4.78 is 25.8. The predicted octanol–water partition coefficient (Wildman–Crippen LogP) is 0.957. The highest BCUT2D eigenvalue weighted by atomic mass is 32.2. The van der Waals surface area contributed by atoms with Gasteiger partial charge in [0, 0.05) is 19.0 Å². The molecule has 0 aromatic heterocycles. The Balaban J connectivity index is 1.81. The van der Waals surface area contributed by atoms with Crippen LogP contribution < -0.4 is 10.5 Å². The Bertz CT molecular complexity index is 389. The summed E-state index contributed by atoms with van der Waals surface area (Å²) in [6, 6.07) is 0.250. The molecule has 0 aromatic carbocycles. The average molecular weight is 244 g/mol. The molecule has 3 atom stereocenters. The summed E-state index contributed by atoms with van der Waals surface area (Å²) >= 11 is 0. The molecule has 5 heteroatoms. The monoisotopic (exact) mass is 244 g/mol. The van der Waals surface area contributed by atoms with Crippen molar-refractivity contribution in [2.24, 2.45) is 17.6 Å². The maximum absolute atomic E-state index is 11.6. The molecule has 1 fully saturated rings. The van der Waals surface area contributed by atoms with E-state index in [4.69, 9.17) is 5.73 Å². The number of hydrogen-bond acceptors (Lipinski definition) is 3. The number of sulfonamides is 1. The second-order valence-electron chi connectivity index (χ2n) is 4.90. The summed E-state index contributed by atoms with van der Waals surface area (Å²) in [5.41, 5.74) is 6.00. The van der Waals surface area contributed by atoms with E-state index in [-0.39, 0.29) is 6.04 Å². The molecule has 0 amide bonds. The second kappa shape index (κ2) is 4.47. The highest BCUT2D eigenvalue weighted by Crippen LogP contribution is 2.32. The molecule has 1 saturated carbocycles. The Morgan fingerprint density at radius 2 is 2.19 bits per heavy atom. The van der Waals surface area contributed by atoms with E-state index in [2.05, 4.69) is 11.6 Å². The van der Waals surface area contributed by atoms with Crippen LogP contribution in [0.5, 0.6) is 0 Å². The van der Waals surface area contributed by atoms with Gasteiger partial charge >= 0.3 is 0 Å². The summed E-state index contributed by atoms with van der Waals surface area (Å²) in [5.74, 6) is 0.976. The van der Waals surface area contributed by atoms with Gasteiger partial charge in [-0.25, -0.2) is 13.1 Å². The fourth-order valence-corrected chi connectivity index (χ4v) is 3.66. The summed E-state index contributed by atoms with van der Waals surface area (Å²) in [5, 5.41) is 0. The Labute approximate surface area is 97.3 Å². The van der Waals surface area contributed by atoms with E-state index in [1.165, 1.54) is 0 Å². The van der Waals surface area contributed by atoms with E-state index in [1.54, 1.807) is 6.08 Å². The van der Waals surface area contributed by atoms with Gasteiger partial charge in [-0.1, -0.05) is 19.4 Å². The summed E-state index contributed by atoms with van der Waals surface area (Å²) in [6.45, 7) is 2.69. The van der Waals surface area contributed by atoms with Gasteiger partial charge < -0.3 is 5.73 Å². The van der Waals surface area contributed by atoms with Crippen molar-refractivity contribution in [2.75, 3.05) is 6.54 Å². The van der Waals surface area contributed by atoms with Gasteiger partial charge in [-0.2, -0.15) is 0 Å². The third-order valence-corrected chi connectivity index (χ3v) is 5.22. The first-order chi connectivity index (χ1) is 7.53. The molecule has 0 spiro atoms. The lowest BCUT2D eigenvalue weighted by Crippen LogP contribution is -2.28. The van der Waals surface area contributed by atoms with Crippen molar-refractivity contribution in [3.8, 4) is 0 Å². The third kappa shape index (κ3) is 2.64. The first-order valence-electron chi connectivity index (χ1n) is 5.97. The van der Waals surface area contributed by atoms with E-state index in [0.29, 0.717) is 29.7 Å². The van der Waals surface area contributed by atoms with Gasteiger partial charge in [0.15, 0.2) is 0 Å². The van der Waals surface area contributed by atoms with Crippen LogP contribution in [0.3, 0.4) is 0 Å². The molecule has 0 heterocycles. The Morgan fingerprint density at radius 1 is 1.50 bits per heavy atom. The van der Waals surface area contributed by atoms with E-state index < -0.39 is 10.0 Å². The minimum absolute atomic E-state index is 0.250. The molecule has 3 unspecified atom stereocenters. The molecule has 2 rings (SSSR count). The SMILES string of the molecule is CCC1CC(CNS(=O)(=O)C2=CC2)CC1N. The Morgan fingerprint density at radius 3 is 2.69 bits per heavy atom. The van der Waals surface area contributed by atoms with Crippen LogP contribution in [0.1, 0.15) is 32.6 Å². The molecule has 92 valence electrons. The van der Waals surface area contributed by atoms with Gasteiger partial charge in [0.05, 0.1) is 4.91 Å². The number of nitrogens with one attached hydrogen (secondary N) is 1. The highest BCUT2D eigenvalue weighted by molar-refractivity contribution is 7.93. The smallest absolute Gasteiger partial charge is 0.236 e. The van der Waals surface area contributed by atoms with Crippen molar-refractivity contribution in [1.82, 2.24) is 4.72 Å². The Hall–Kier alpha value is -0.390. The molecule has 0 radical (unpaired) electrons. The van der Waals surface area contributed by atoms with Crippen LogP contribution in [0.4, 0.5) is 0 Å². The maximum Gasteiger partial charge on any atom is 0.236 e. The third-order valence-electron chi connectivity index (χ3n) is 3.65. The van der Waals surface area contributed by atoms with Crippen LogP contribution in [-0.4, -0.2) is 21.0 Å². The van der Waals surface area contributed by atoms with Crippen molar-refractivity contribution >= 4 is 10.0 Å². The topological polar surface area (TPSA) is 72.2 Å². The highest BCUT2D eigenvalue weighted by Gasteiger charge is 2.32. The number of hydrogen-bond donors (Lipinski definition) is 2. The minimum Gasteiger partial charge on any atom is -0.327 e. The molecule has 3 N–H and O–H groups in total. The first-order valence-corrected chi connectivity index (χ1v) is 7.45. The molecular weight excluding hydrogens is 224 g/mol. The molecule has 0 saturated heterocycles. The average Bonchev–Trinajstić information content (AvgIpc) is 3.01. The molecule has 4 nitrogen and oxygen atoms in total. The van der Waals surface area contributed by atoms with Crippen LogP contribution in [0.15, 0.2) is 11.0 Å². The van der Waals surface area contributed by atoms with Crippen LogP contribution in [0.2, 0.25) is 0 Å². The second-order valence-corrected chi connectivity index (χ2v) is 6.72. The zero-order valence-electron chi connectivity index (χ0n) is 9.65. The largest absolute Gasteiger partial charge is 0.327 e. The number of allylic oxidation sites excluding steroid dienone is 2. The molecule has 2 aliphatic carbocycles. The van der Waals surface area contributed by atoms with Crippen molar-refractivity contribution < 1.29 is 8.42 Å². The lowest BCUT2D eigenvalue weighted by Gasteiger charge is -2.11. The van der Waals surface area contributed by atoms with Gasteiger partial charge in [0.1, 0.15) is 0 Å². The minimum atomic E-state index is -3.15. The lowest BCUT2D eigenvalue weighted by atomic mass is 10.0. The lowest BCUT2D eigenvalue weighted by molar-refractivity contribution is 0.453. The summed E-state index contributed by atoms with van der Waals surface area (Å²) in [7, 11) is -3.15. The van der Waals surface area contributed by atoms with Crippen LogP contribution in [0.25, 0.3) is 0 Å². The number of nitrogens with two attached hydrogens (primary N) is 1. The molecule has 0 aliphatic heterocycles. The fraction of sp³-hybridized carbons (Fsp3) is 0.818. The van der Waals surface area contributed by atoms with Gasteiger partial charge in [0.2, 0.25) is 10.0 Å². The van der Waals surface area contributed by atoms with E-state index in [9.17, 15) is 8.42 Å². The summed E-state index contributed by atoms with van der Waals surface area (Å²) in [6.07, 6.45) is 5.45. The quantitative estimate of drug-likeness (QED) is 0.756. The predicted molar refractivity (Wildman–Crippen MR) is 64.1 cm³/mol. The van der Waals surface area contributed by atoms with E-state index >= 15 is 0 Å². The van der Waals surface area contributed by atoms with Crippen LogP contribution >= 0.6 is 0 Å². The standard InChI is InChI=1S/C11H20N2O2S/c1-2-9-5-8(6-11(9)12)7-13-16(14,15)10-3-4-10/h3,8-9,11,13H,2,4-7,12H2,1H3. The van der Waals surface area contributed by atoms with Crippen molar-refractivity contribution in [1.29, 1.82) is 0 Å². The zero-order chi connectivity index (χ0) is 11.8. The van der Waals surface area contributed by atoms with Gasteiger partial charge in [-0.05, 0) is 24.7 Å². The normalized spacial score (nSPS) is 33.9. The van der Waals surface area contributed by atoms with E-state index in [0.717, 1.165) is 19.3 Å². The zero-order valence-corrected chi connectivity index (χ0v) is 10.5. The van der Waals surface area contributed by atoms with E-state index in [1.807, 2.05) is 0 Å². The van der Waals surface area contributed by atoms with Crippen LogP contribution in [-0.2, 0) is 10.0 Å². The van der Waals surface area contributed by atoms with Crippen LogP contribution in [0, 0.1) is 11.8 Å². The van der Waals surface area contributed by atoms with Crippen molar-refractivity contribution in [2.45, 2.75) is 38.6 Å². The first kappa shape index (κ1) is 12.1. The molecule has 2 aliphatic rings. The fourth-order valence-electron chi connectivity index (χ4n) is 2.49. The summed E-state index contributed by atoms with van der Waals surface area (Å²) in [4.78, 5) is 0.543. The van der Waals surface area contributed by atoms with Gasteiger partial charge in [-0.3, -0.25) is 0 Å². The Kier molecular flexibility index (Phi) is 3.37. The molecule has 0 bridgehead atoms. The van der Waals surface area contributed by atoms with Gasteiger partial charge in [0.25, 0.3) is 0 Å². The van der Waals surface area contributed by atoms with Gasteiger partial charge in [-0.15, -0.1) is 0 Å². The number of rotatable bonds is 5. The van der Waals surface area contributed by atoms with Crippen molar-refractivity contribution in [3.63, 3.8) is 0 Å². The molecule has 16 heavy (non-hydrogen) atoms. The molecular formula is C11H20N2O2S. The maximum atomic E-state index is 11.6. The van der Waals surface area contributed by atoms with Crippen molar-refractivity contribution in [3.05, 3.63) is 11.0 Å².